The molecular formula is C25H51BrN2O2. The predicted molar refractivity (Wildman–Crippen MR) is 135 cm³/mol. The maximum Gasteiger partial charge on any atom is 0.318 e. The Morgan fingerprint density at radius 3 is 1.57 bits per heavy atom. The molecule has 0 fully saturated rings. The van der Waals surface area contributed by atoms with Crippen molar-refractivity contribution in [3.8, 4) is 0 Å². The summed E-state index contributed by atoms with van der Waals surface area (Å²) in [5, 5.41) is 2.04. The summed E-state index contributed by atoms with van der Waals surface area (Å²) in [6, 6.07) is -0.814. The quantitative estimate of drug-likeness (QED) is 0.159. The molecule has 1 atom stereocenters. The van der Waals surface area contributed by atoms with E-state index >= 15 is 0 Å². The van der Waals surface area contributed by atoms with E-state index in [2.05, 4.69) is 36.7 Å². The van der Waals surface area contributed by atoms with Gasteiger partial charge in [-0.2, -0.15) is 0 Å². The molecule has 0 saturated carbocycles. The Kier molecular flexibility index (Phi) is 22.8. The molecule has 0 spiro atoms. The van der Waals surface area contributed by atoms with E-state index in [0.717, 1.165) is 5.92 Å². The van der Waals surface area contributed by atoms with Gasteiger partial charge in [-0.15, -0.1) is 0 Å². The number of hydrogen-bond acceptors (Lipinski definition) is 2. The SMILES string of the molecule is CCC(Br)(CC)C(=O)NC(N)=O.CCCCCCCCCCCCC(C)CCCC. The first-order chi connectivity index (χ1) is 14.3. The number of carbonyl (C=O) groups excluding carboxylic acids is 2. The number of nitrogens with one attached hydrogen (secondary N) is 1. The molecule has 0 rings (SSSR count). The van der Waals surface area contributed by atoms with E-state index in [1.807, 2.05) is 19.2 Å². The Bertz CT molecular complexity index is 412. The minimum atomic E-state index is -0.814. The zero-order valence-corrected chi connectivity index (χ0v) is 22.2. The lowest BCUT2D eigenvalue weighted by atomic mass is 9.97. The van der Waals surface area contributed by atoms with Crippen molar-refractivity contribution in [3.63, 3.8) is 0 Å². The van der Waals surface area contributed by atoms with Gasteiger partial charge in [0.1, 0.15) is 4.32 Å². The highest BCUT2D eigenvalue weighted by atomic mass is 79.9. The van der Waals surface area contributed by atoms with Gasteiger partial charge in [-0.3, -0.25) is 10.1 Å². The standard InChI is InChI=1S/C18H38.C7H13BrN2O2/c1-4-6-8-9-10-11-12-13-14-15-17-18(3)16-7-5-2;1-3-7(8,4-2)5(11)10-6(9)12/h18H,4-17H2,1-3H3;3-4H2,1-2H3,(H3,9,10,11,12). The first-order valence-corrected chi connectivity index (χ1v) is 13.4. The second-order valence-electron chi connectivity index (χ2n) is 8.71. The van der Waals surface area contributed by atoms with E-state index < -0.39 is 10.4 Å². The molecule has 0 aromatic carbocycles. The third-order valence-corrected chi connectivity index (χ3v) is 7.35. The van der Waals surface area contributed by atoms with Crippen molar-refractivity contribution in [1.29, 1.82) is 0 Å². The zero-order valence-electron chi connectivity index (χ0n) is 20.7. The molecule has 0 aromatic rings. The lowest BCUT2D eigenvalue weighted by Gasteiger charge is -2.21. The molecule has 30 heavy (non-hydrogen) atoms. The minimum absolute atomic E-state index is 0.375. The highest BCUT2D eigenvalue weighted by Crippen LogP contribution is 2.26. The summed E-state index contributed by atoms with van der Waals surface area (Å²) < 4.78 is -0.665. The van der Waals surface area contributed by atoms with Crippen LogP contribution in [0.25, 0.3) is 0 Å². The number of alkyl halides is 1. The van der Waals surface area contributed by atoms with Crippen molar-refractivity contribution in [3.05, 3.63) is 0 Å². The van der Waals surface area contributed by atoms with Crippen LogP contribution in [-0.4, -0.2) is 16.3 Å². The van der Waals surface area contributed by atoms with Crippen molar-refractivity contribution in [1.82, 2.24) is 5.32 Å². The fourth-order valence-corrected chi connectivity index (χ4v) is 3.57. The van der Waals surface area contributed by atoms with E-state index in [1.54, 1.807) is 0 Å². The molecule has 0 aliphatic carbocycles. The summed E-state index contributed by atoms with van der Waals surface area (Å²) in [6.07, 6.45) is 21.6. The zero-order chi connectivity index (χ0) is 23.3. The first kappa shape index (κ1) is 31.6. The van der Waals surface area contributed by atoms with Crippen LogP contribution in [-0.2, 0) is 4.79 Å². The number of halogens is 1. The molecule has 3 amide bonds. The molecule has 0 bridgehead atoms. The molecule has 5 heteroatoms. The summed E-state index contributed by atoms with van der Waals surface area (Å²) in [6.45, 7) is 10.7. The van der Waals surface area contributed by atoms with Crippen LogP contribution in [0.2, 0.25) is 0 Å². The maximum absolute atomic E-state index is 11.3. The van der Waals surface area contributed by atoms with Crippen molar-refractivity contribution in [2.24, 2.45) is 11.7 Å². The van der Waals surface area contributed by atoms with Crippen molar-refractivity contribution < 1.29 is 9.59 Å². The minimum Gasteiger partial charge on any atom is -0.351 e. The average Bonchev–Trinajstić information content (AvgIpc) is 2.72. The number of unbranched alkanes of at least 4 members (excludes halogenated alkanes) is 10. The van der Waals surface area contributed by atoms with Gasteiger partial charge in [-0.1, -0.05) is 140 Å². The normalized spacial score (nSPS) is 12.1. The van der Waals surface area contributed by atoms with Crippen LogP contribution in [0.5, 0.6) is 0 Å². The fourth-order valence-electron chi connectivity index (χ4n) is 3.47. The number of carbonyl (C=O) groups is 2. The van der Waals surface area contributed by atoms with Crippen molar-refractivity contribution >= 4 is 27.9 Å². The van der Waals surface area contributed by atoms with Gasteiger partial charge in [0.25, 0.3) is 0 Å². The monoisotopic (exact) mass is 490 g/mol. The fraction of sp³-hybridized carbons (Fsp3) is 0.920. The number of nitrogens with two attached hydrogens (primary N) is 1. The molecule has 1 unspecified atom stereocenters. The lowest BCUT2D eigenvalue weighted by molar-refractivity contribution is -0.122. The van der Waals surface area contributed by atoms with Gasteiger partial charge in [-0.25, -0.2) is 4.79 Å². The Labute approximate surface area is 196 Å². The number of rotatable bonds is 17. The lowest BCUT2D eigenvalue weighted by Crippen LogP contribution is -2.46. The summed E-state index contributed by atoms with van der Waals surface area (Å²) >= 11 is 3.26. The Balaban J connectivity index is 0. The largest absolute Gasteiger partial charge is 0.351 e. The number of amides is 3. The molecule has 0 aliphatic rings. The number of hydrogen-bond donors (Lipinski definition) is 2. The summed E-state index contributed by atoms with van der Waals surface area (Å²) in [4.78, 5) is 21.6. The van der Waals surface area contributed by atoms with Gasteiger partial charge in [0, 0.05) is 0 Å². The average molecular weight is 492 g/mol. The van der Waals surface area contributed by atoms with Crippen LogP contribution >= 0.6 is 15.9 Å². The third kappa shape index (κ3) is 19.4. The van der Waals surface area contributed by atoms with Gasteiger partial charge < -0.3 is 5.73 Å². The van der Waals surface area contributed by atoms with E-state index in [4.69, 9.17) is 5.73 Å². The molecule has 3 N–H and O–H groups in total. The maximum atomic E-state index is 11.3. The summed E-state index contributed by atoms with van der Waals surface area (Å²) in [5.41, 5.74) is 4.81. The van der Waals surface area contributed by atoms with Crippen LogP contribution in [0.3, 0.4) is 0 Å². The Morgan fingerprint density at radius 1 is 0.767 bits per heavy atom. The van der Waals surface area contributed by atoms with Gasteiger partial charge >= 0.3 is 6.03 Å². The van der Waals surface area contributed by atoms with Crippen molar-refractivity contribution in [2.45, 2.75) is 142 Å². The van der Waals surface area contributed by atoms with Crippen LogP contribution < -0.4 is 11.1 Å². The predicted octanol–water partition coefficient (Wildman–Crippen LogP) is 8.26. The third-order valence-electron chi connectivity index (χ3n) is 5.87. The topological polar surface area (TPSA) is 72.2 Å². The number of imide groups is 1. The molecule has 0 saturated heterocycles. The van der Waals surface area contributed by atoms with Crippen molar-refractivity contribution in [2.75, 3.05) is 0 Å². The van der Waals surface area contributed by atoms with E-state index in [-0.39, 0.29) is 5.91 Å². The van der Waals surface area contributed by atoms with Crippen LogP contribution in [0.4, 0.5) is 4.79 Å². The second-order valence-corrected chi connectivity index (χ2v) is 10.2. The molecule has 0 radical (unpaired) electrons. The van der Waals surface area contributed by atoms with E-state index in [9.17, 15) is 9.59 Å². The number of urea groups is 1. The molecule has 4 nitrogen and oxygen atoms in total. The molecular weight excluding hydrogens is 440 g/mol. The molecule has 180 valence electrons. The van der Waals surface area contributed by atoms with Gasteiger partial charge in [0.15, 0.2) is 0 Å². The molecule has 0 heterocycles. The highest BCUT2D eigenvalue weighted by molar-refractivity contribution is 9.10. The van der Waals surface area contributed by atoms with Gasteiger partial charge in [0.2, 0.25) is 5.91 Å². The smallest absolute Gasteiger partial charge is 0.318 e. The van der Waals surface area contributed by atoms with E-state index in [0.29, 0.717) is 12.8 Å². The Morgan fingerprint density at radius 2 is 1.17 bits per heavy atom. The second kappa shape index (κ2) is 21.6. The molecule has 0 aromatic heterocycles. The first-order valence-electron chi connectivity index (χ1n) is 12.6. The van der Waals surface area contributed by atoms with Crippen LogP contribution in [0, 0.1) is 5.92 Å². The van der Waals surface area contributed by atoms with Gasteiger partial charge in [-0.05, 0) is 18.8 Å². The van der Waals surface area contributed by atoms with Crippen LogP contribution in [0.1, 0.15) is 137 Å². The van der Waals surface area contributed by atoms with Gasteiger partial charge in [0.05, 0.1) is 0 Å². The van der Waals surface area contributed by atoms with Crippen LogP contribution in [0.15, 0.2) is 0 Å². The Hall–Kier alpha value is -0.580. The number of primary amides is 1. The molecule has 0 aliphatic heterocycles. The summed E-state index contributed by atoms with van der Waals surface area (Å²) in [7, 11) is 0. The summed E-state index contributed by atoms with van der Waals surface area (Å²) in [5.74, 6) is 0.596. The van der Waals surface area contributed by atoms with E-state index in [1.165, 1.54) is 89.9 Å². The highest BCUT2D eigenvalue weighted by Gasteiger charge is 2.32.